The van der Waals surface area contributed by atoms with Crippen LogP contribution in [0.4, 0.5) is 0 Å². The summed E-state index contributed by atoms with van der Waals surface area (Å²) in [6, 6.07) is 0. The summed E-state index contributed by atoms with van der Waals surface area (Å²) in [7, 11) is -0.760. The summed E-state index contributed by atoms with van der Waals surface area (Å²) < 4.78 is 11.6. The fourth-order valence-electron chi connectivity index (χ4n) is 1.01. The van der Waals surface area contributed by atoms with Gasteiger partial charge in [-0.05, 0) is 20.8 Å². The van der Waals surface area contributed by atoms with E-state index in [1.165, 1.54) is 4.88 Å². The Morgan fingerprint density at radius 1 is 1.53 bits per heavy atom. The lowest BCUT2D eigenvalue weighted by Crippen LogP contribution is -2.29. The maximum atomic E-state index is 11.7. The van der Waals surface area contributed by atoms with E-state index in [4.69, 9.17) is 0 Å². The van der Waals surface area contributed by atoms with E-state index in [0.29, 0.717) is 5.75 Å². The van der Waals surface area contributed by atoms with Gasteiger partial charge >= 0.3 is 0 Å². The molecule has 5 heteroatoms. The highest BCUT2D eigenvalue weighted by Crippen LogP contribution is 2.10. The molecular weight excluding hydrogens is 228 g/mol. The van der Waals surface area contributed by atoms with E-state index < -0.39 is 10.8 Å². The monoisotopic (exact) mass is 246 g/mol. The van der Waals surface area contributed by atoms with Gasteiger partial charge in [0, 0.05) is 45.5 Å². The van der Waals surface area contributed by atoms with E-state index in [1.54, 1.807) is 11.3 Å². The van der Waals surface area contributed by atoms with Gasteiger partial charge in [0.15, 0.2) is 0 Å². The van der Waals surface area contributed by atoms with Gasteiger partial charge in [-0.1, -0.05) is 0 Å². The molecule has 1 heterocycles. The van der Waals surface area contributed by atoms with Crippen LogP contribution in [0.5, 0.6) is 0 Å². The molecule has 0 bridgehead atoms. The predicted octanol–water partition coefficient (Wildman–Crippen LogP) is 1.78. The molecule has 1 rings (SSSR count). The first-order chi connectivity index (χ1) is 7.00. The highest BCUT2D eigenvalue weighted by molar-refractivity contribution is 7.86. The van der Waals surface area contributed by atoms with Crippen molar-refractivity contribution in [1.29, 1.82) is 0 Å². The minimum Gasteiger partial charge on any atom is -0.311 e. The molecule has 0 spiro atoms. The Morgan fingerprint density at radius 2 is 2.27 bits per heavy atom. The fourth-order valence-corrected chi connectivity index (χ4v) is 2.52. The molecule has 1 aromatic heterocycles. The largest absolute Gasteiger partial charge is 0.311 e. The third kappa shape index (κ3) is 4.86. The number of thiazole rings is 1. The zero-order valence-corrected chi connectivity index (χ0v) is 11.1. The van der Waals surface area contributed by atoms with Gasteiger partial charge < -0.3 is 5.32 Å². The van der Waals surface area contributed by atoms with Crippen molar-refractivity contribution in [2.24, 2.45) is 0 Å². The Labute approximate surface area is 97.8 Å². The first kappa shape index (κ1) is 12.8. The molecule has 0 fully saturated rings. The SMILES string of the molecule is CC(C)(C)S(=O)CCNCc1cncs1. The van der Waals surface area contributed by atoms with Crippen LogP contribution in [-0.4, -0.2) is 26.2 Å². The van der Waals surface area contributed by atoms with Crippen LogP contribution in [0.3, 0.4) is 0 Å². The van der Waals surface area contributed by atoms with Gasteiger partial charge in [-0.15, -0.1) is 11.3 Å². The van der Waals surface area contributed by atoms with Crippen LogP contribution in [-0.2, 0) is 17.3 Å². The summed E-state index contributed by atoms with van der Waals surface area (Å²) in [5.41, 5.74) is 1.82. The molecule has 0 saturated carbocycles. The molecule has 15 heavy (non-hydrogen) atoms. The van der Waals surface area contributed by atoms with Crippen LogP contribution in [0, 0.1) is 0 Å². The molecule has 1 aromatic rings. The number of rotatable bonds is 5. The first-order valence-corrected chi connectivity index (χ1v) is 7.16. The first-order valence-electron chi connectivity index (χ1n) is 4.97. The lowest BCUT2D eigenvalue weighted by Gasteiger charge is -2.17. The van der Waals surface area contributed by atoms with Crippen molar-refractivity contribution in [2.75, 3.05) is 12.3 Å². The van der Waals surface area contributed by atoms with Crippen LogP contribution < -0.4 is 5.32 Å². The van der Waals surface area contributed by atoms with Crippen LogP contribution >= 0.6 is 11.3 Å². The third-order valence-corrected chi connectivity index (χ3v) is 4.65. The lowest BCUT2D eigenvalue weighted by atomic mass is 10.3. The average molecular weight is 246 g/mol. The van der Waals surface area contributed by atoms with E-state index in [1.807, 2.05) is 32.5 Å². The van der Waals surface area contributed by atoms with Crippen molar-refractivity contribution in [1.82, 2.24) is 10.3 Å². The molecule has 1 atom stereocenters. The second kappa shape index (κ2) is 5.72. The van der Waals surface area contributed by atoms with Crippen molar-refractivity contribution in [3.63, 3.8) is 0 Å². The van der Waals surface area contributed by atoms with Crippen molar-refractivity contribution in [2.45, 2.75) is 32.1 Å². The Hall–Kier alpha value is -0.260. The maximum absolute atomic E-state index is 11.7. The molecular formula is C10H18N2OS2. The standard InChI is InChI=1S/C10H18N2OS2/c1-10(2,3)15(13)5-4-11-6-9-7-12-8-14-9/h7-8,11H,4-6H2,1-3H3. The van der Waals surface area contributed by atoms with Crippen molar-refractivity contribution < 1.29 is 4.21 Å². The second-order valence-corrected chi connectivity index (χ2v) is 7.60. The normalized spacial score (nSPS) is 14.1. The Kier molecular flexibility index (Phi) is 4.89. The molecule has 0 radical (unpaired) electrons. The van der Waals surface area contributed by atoms with E-state index in [2.05, 4.69) is 10.3 Å². The number of hydrogen-bond donors (Lipinski definition) is 1. The second-order valence-electron chi connectivity index (χ2n) is 4.31. The van der Waals surface area contributed by atoms with E-state index in [9.17, 15) is 4.21 Å². The zero-order valence-electron chi connectivity index (χ0n) is 9.45. The topological polar surface area (TPSA) is 42.0 Å². The molecule has 0 aliphatic heterocycles. The van der Waals surface area contributed by atoms with Gasteiger partial charge in [0.1, 0.15) is 0 Å². The van der Waals surface area contributed by atoms with Crippen molar-refractivity contribution in [3.8, 4) is 0 Å². The average Bonchev–Trinajstić information content (AvgIpc) is 2.63. The summed E-state index contributed by atoms with van der Waals surface area (Å²) in [4.78, 5) is 5.21. The van der Waals surface area contributed by atoms with Gasteiger partial charge in [-0.2, -0.15) is 0 Å². The van der Waals surface area contributed by atoms with Crippen LogP contribution in [0.25, 0.3) is 0 Å². The highest BCUT2D eigenvalue weighted by atomic mass is 32.2. The van der Waals surface area contributed by atoms with Gasteiger partial charge in [-0.25, -0.2) is 0 Å². The number of aromatic nitrogens is 1. The Balaban J connectivity index is 2.15. The number of nitrogens with zero attached hydrogens (tertiary/aromatic N) is 1. The Bertz CT molecular complexity index is 304. The summed E-state index contributed by atoms with van der Waals surface area (Å²) >= 11 is 1.64. The highest BCUT2D eigenvalue weighted by Gasteiger charge is 2.18. The zero-order chi connectivity index (χ0) is 11.3. The minimum atomic E-state index is -0.760. The molecule has 0 amide bonds. The number of hydrogen-bond acceptors (Lipinski definition) is 4. The smallest absolute Gasteiger partial charge is 0.0794 e. The van der Waals surface area contributed by atoms with Gasteiger partial charge in [0.25, 0.3) is 0 Å². The molecule has 0 aliphatic rings. The molecule has 1 N–H and O–H groups in total. The summed E-state index contributed by atoms with van der Waals surface area (Å²) in [6.07, 6.45) is 1.86. The van der Waals surface area contributed by atoms with Gasteiger partial charge in [0.2, 0.25) is 0 Å². The fraction of sp³-hybridized carbons (Fsp3) is 0.700. The summed E-state index contributed by atoms with van der Waals surface area (Å²) in [5, 5.41) is 3.27. The summed E-state index contributed by atoms with van der Waals surface area (Å²) in [6.45, 7) is 7.64. The summed E-state index contributed by atoms with van der Waals surface area (Å²) in [5.74, 6) is 0.711. The number of nitrogens with one attached hydrogen (secondary N) is 1. The molecule has 86 valence electrons. The van der Waals surface area contributed by atoms with Crippen LogP contribution in [0.1, 0.15) is 25.6 Å². The molecule has 0 aromatic carbocycles. The Morgan fingerprint density at radius 3 is 2.80 bits per heavy atom. The van der Waals surface area contributed by atoms with Crippen molar-refractivity contribution >= 4 is 22.1 Å². The van der Waals surface area contributed by atoms with Crippen LogP contribution in [0.2, 0.25) is 0 Å². The van der Waals surface area contributed by atoms with Gasteiger partial charge in [0.05, 0.1) is 5.51 Å². The van der Waals surface area contributed by atoms with E-state index in [0.717, 1.165) is 13.1 Å². The molecule has 1 unspecified atom stereocenters. The molecule has 3 nitrogen and oxygen atoms in total. The maximum Gasteiger partial charge on any atom is 0.0794 e. The molecule has 0 saturated heterocycles. The lowest BCUT2D eigenvalue weighted by molar-refractivity contribution is 0.641. The predicted molar refractivity (Wildman–Crippen MR) is 66.6 cm³/mol. The van der Waals surface area contributed by atoms with Crippen LogP contribution in [0.15, 0.2) is 11.7 Å². The van der Waals surface area contributed by atoms with E-state index in [-0.39, 0.29) is 4.75 Å². The quantitative estimate of drug-likeness (QED) is 0.805. The van der Waals surface area contributed by atoms with Crippen molar-refractivity contribution in [3.05, 3.63) is 16.6 Å². The minimum absolute atomic E-state index is 0.105. The van der Waals surface area contributed by atoms with E-state index >= 15 is 0 Å². The molecule has 0 aliphatic carbocycles. The van der Waals surface area contributed by atoms with Gasteiger partial charge in [-0.3, -0.25) is 9.19 Å². The third-order valence-electron chi connectivity index (χ3n) is 1.93.